The van der Waals surface area contributed by atoms with Crippen molar-refractivity contribution in [3.8, 4) is 5.75 Å². The summed E-state index contributed by atoms with van der Waals surface area (Å²) in [6, 6.07) is 10.6. The number of amides is 1. The number of carbonyl (C=O) groups excluding carboxylic acids is 1. The van der Waals surface area contributed by atoms with Gasteiger partial charge in [-0.15, -0.1) is 0 Å². The zero-order valence-corrected chi connectivity index (χ0v) is 15.3. The van der Waals surface area contributed by atoms with Crippen molar-refractivity contribution in [1.29, 1.82) is 0 Å². The molecule has 0 spiro atoms. The first-order valence-corrected chi connectivity index (χ1v) is 8.37. The number of nitrogens with zero attached hydrogens (tertiary/aromatic N) is 2. The maximum absolute atomic E-state index is 12.3. The minimum Gasteiger partial charge on any atom is -0.494 e. The van der Waals surface area contributed by atoms with Crippen molar-refractivity contribution in [1.82, 2.24) is 4.90 Å². The number of nitro groups is 1. The van der Waals surface area contributed by atoms with Gasteiger partial charge in [-0.05, 0) is 50.8 Å². The molecule has 26 heavy (non-hydrogen) atoms. The van der Waals surface area contributed by atoms with Gasteiger partial charge in [0.1, 0.15) is 5.75 Å². The Morgan fingerprint density at radius 2 is 1.92 bits per heavy atom. The third-order valence-corrected chi connectivity index (χ3v) is 3.87. The van der Waals surface area contributed by atoms with Crippen LogP contribution in [0.1, 0.15) is 16.8 Å². The summed E-state index contributed by atoms with van der Waals surface area (Å²) < 4.78 is 5.63. The lowest BCUT2D eigenvalue weighted by atomic mass is 10.2. The molecule has 1 N–H and O–H groups in total. The fraction of sp³-hybridized carbons (Fsp3) is 0.278. The van der Waals surface area contributed by atoms with Crippen LogP contribution in [0, 0.1) is 10.1 Å². The van der Waals surface area contributed by atoms with Crippen molar-refractivity contribution < 1.29 is 14.5 Å². The fourth-order valence-corrected chi connectivity index (χ4v) is 2.41. The first-order valence-electron chi connectivity index (χ1n) is 7.99. The lowest BCUT2D eigenvalue weighted by molar-refractivity contribution is -0.384. The monoisotopic (exact) mass is 377 g/mol. The summed E-state index contributed by atoms with van der Waals surface area (Å²) in [6.07, 6.45) is 0.913. The van der Waals surface area contributed by atoms with E-state index >= 15 is 0 Å². The van der Waals surface area contributed by atoms with Crippen molar-refractivity contribution in [3.05, 3.63) is 63.2 Å². The highest BCUT2D eigenvalue weighted by atomic mass is 35.5. The molecule has 0 aliphatic heterocycles. The van der Waals surface area contributed by atoms with Crippen LogP contribution in [0.4, 0.5) is 11.4 Å². The normalized spacial score (nSPS) is 10.6. The van der Waals surface area contributed by atoms with Crippen LogP contribution >= 0.6 is 11.6 Å². The van der Waals surface area contributed by atoms with Crippen LogP contribution in [0.5, 0.6) is 5.75 Å². The van der Waals surface area contributed by atoms with E-state index in [2.05, 4.69) is 10.2 Å². The Kier molecular flexibility index (Phi) is 6.94. The van der Waals surface area contributed by atoms with Crippen molar-refractivity contribution >= 4 is 28.9 Å². The standard InChI is InChI=1S/C18H20ClN3O4/c1-21(2)10-3-11-26-15-7-4-13(5-8-15)20-18(23)16-12-14(22(24)25)6-9-17(16)19/h4-9,12H,3,10-11H2,1-2H3,(H,20,23). The fourth-order valence-electron chi connectivity index (χ4n) is 2.20. The molecule has 7 nitrogen and oxygen atoms in total. The number of hydrogen-bond donors (Lipinski definition) is 1. The third kappa shape index (κ3) is 5.72. The molecule has 0 fully saturated rings. The number of carbonyl (C=O) groups is 1. The Balaban J connectivity index is 1.97. The van der Waals surface area contributed by atoms with Crippen LogP contribution in [0.3, 0.4) is 0 Å². The number of nitro benzene ring substituents is 1. The number of benzene rings is 2. The predicted molar refractivity (Wildman–Crippen MR) is 101 cm³/mol. The molecule has 138 valence electrons. The molecule has 2 aromatic rings. The van der Waals surface area contributed by atoms with Gasteiger partial charge in [-0.2, -0.15) is 0 Å². The Bertz CT molecular complexity index is 779. The summed E-state index contributed by atoms with van der Waals surface area (Å²) in [7, 11) is 4.01. The Morgan fingerprint density at radius 1 is 1.23 bits per heavy atom. The van der Waals surface area contributed by atoms with Crippen LogP contribution in [-0.2, 0) is 0 Å². The maximum atomic E-state index is 12.3. The summed E-state index contributed by atoms with van der Waals surface area (Å²) in [5.41, 5.74) is 0.393. The third-order valence-electron chi connectivity index (χ3n) is 3.54. The molecule has 0 aliphatic rings. The molecule has 0 heterocycles. The smallest absolute Gasteiger partial charge is 0.270 e. The van der Waals surface area contributed by atoms with Crippen molar-refractivity contribution in [2.24, 2.45) is 0 Å². The highest BCUT2D eigenvalue weighted by molar-refractivity contribution is 6.34. The zero-order chi connectivity index (χ0) is 19.1. The molecule has 2 rings (SSSR count). The number of nitrogens with one attached hydrogen (secondary N) is 1. The summed E-state index contributed by atoms with van der Waals surface area (Å²) in [6.45, 7) is 1.55. The van der Waals surface area contributed by atoms with Gasteiger partial charge in [0, 0.05) is 24.4 Å². The quantitative estimate of drug-likeness (QED) is 0.429. The molecule has 1 amide bonds. The largest absolute Gasteiger partial charge is 0.494 e. The van der Waals surface area contributed by atoms with E-state index in [1.54, 1.807) is 24.3 Å². The van der Waals surface area contributed by atoms with Gasteiger partial charge in [0.2, 0.25) is 0 Å². The average molecular weight is 378 g/mol. The first kappa shape index (κ1) is 19.7. The van der Waals surface area contributed by atoms with Crippen molar-refractivity contribution in [3.63, 3.8) is 0 Å². The van der Waals surface area contributed by atoms with Crippen LogP contribution in [-0.4, -0.2) is 43.0 Å². The van der Waals surface area contributed by atoms with Gasteiger partial charge in [-0.1, -0.05) is 11.6 Å². The summed E-state index contributed by atoms with van der Waals surface area (Å²) in [5.74, 6) is 0.188. The molecule has 0 bridgehead atoms. The molecule has 0 aromatic heterocycles. The number of anilines is 1. The second-order valence-corrected chi connectivity index (χ2v) is 6.31. The molecular weight excluding hydrogens is 358 g/mol. The average Bonchev–Trinajstić information content (AvgIpc) is 2.60. The molecule has 0 saturated heterocycles. The van der Waals surface area contributed by atoms with Gasteiger partial charge in [0.05, 0.1) is 22.1 Å². The number of ether oxygens (including phenoxy) is 1. The van der Waals surface area contributed by atoms with E-state index in [0.717, 1.165) is 19.0 Å². The molecule has 8 heteroatoms. The van der Waals surface area contributed by atoms with Crippen molar-refractivity contribution in [2.45, 2.75) is 6.42 Å². The lowest BCUT2D eigenvalue weighted by Crippen LogP contribution is -2.15. The Labute approximate surface area is 156 Å². The van der Waals surface area contributed by atoms with E-state index in [1.165, 1.54) is 12.1 Å². The summed E-state index contributed by atoms with van der Waals surface area (Å²) in [5, 5.41) is 13.7. The minimum atomic E-state index is -0.574. The number of hydrogen-bond acceptors (Lipinski definition) is 5. The SMILES string of the molecule is CN(C)CCCOc1ccc(NC(=O)c2cc([N+](=O)[O-])ccc2Cl)cc1. The molecule has 0 saturated carbocycles. The topological polar surface area (TPSA) is 84.7 Å². The number of rotatable bonds is 8. The summed E-state index contributed by atoms with van der Waals surface area (Å²) in [4.78, 5) is 24.7. The van der Waals surface area contributed by atoms with E-state index in [1.807, 2.05) is 14.1 Å². The van der Waals surface area contributed by atoms with E-state index in [-0.39, 0.29) is 16.3 Å². The van der Waals surface area contributed by atoms with Gasteiger partial charge < -0.3 is 15.0 Å². The molecule has 0 unspecified atom stereocenters. The maximum Gasteiger partial charge on any atom is 0.270 e. The van der Waals surface area contributed by atoms with Crippen LogP contribution < -0.4 is 10.1 Å². The zero-order valence-electron chi connectivity index (χ0n) is 14.6. The van der Waals surface area contributed by atoms with E-state index < -0.39 is 10.8 Å². The lowest BCUT2D eigenvalue weighted by Gasteiger charge is -2.11. The van der Waals surface area contributed by atoms with Gasteiger partial charge >= 0.3 is 0 Å². The molecule has 2 aromatic carbocycles. The Hall–Kier alpha value is -2.64. The van der Waals surface area contributed by atoms with Gasteiger partial charge in [-0.25, -0.2) is 0 Å². The highest BCUT2D eigenvalue weighted by Crippen LogP contribution is 2.23. The summed E-state index contributed by atoms with van der Waals surface area (Å²) >= 11 is 5.97. The minimum absolute atomic E-state index is 0.0462. The predicted octanol–water partition coefficient (Wildman–Crippen LogP) is 3.83. The van der Waals surface area contributed by atoms with Crippen LogP contribution in [0.25, 0.3) is 0 Å². The van der Waals surface area contributed by atoms with E-state index in [9.17, 15) is 14.9 Å². The second-order valence-electron chi connectivity index (χ2n) is 5.91. The van der Waals surface area contributed by atoms with E-state index in [4.69, 9.17) is 16.3 Å². The molecule has 0 atom stereocenters. The molecule has 0 radical (unpaired) electrons. The van der Waals surface area contributed by atoms with E-state index in [0.29, 0.717) is 18.0 Å². The highest BCUT2D eigenvalue weighted by Gasteiger charge is 2.16. The first-order chi connectivity index (χ1) is 12.4. The Morgan fingerprint density at radius 3 is 2.54 bits per heavy atom. The molecular formula is C18H20ClN3O4. The molecule has 0 aliphatic carbocycles. The number of halogens is 1. The van der Waals surface area contributed by atoms with Gasteiger partial charge in [0.15, 0.2) is 0 Å². The second kappa shape index (κ2) is 9.17. The van der Waals surface area contributed by atoms with Crippen LogP contribution in [0.15, 0.2) is 42.5 Å². The van der Waals surface area contributed by atoms with Gasteiger partial charge in [-0.3, -0.25) is 14.9 Å². The van der Waals surface area contributed by atoms with Crippen molar-refractivity contribution in [2.75, 3.05) is 32.6 Å². The number of non-ortho nitro benzene ring substituents is 1. The van der Waals surface area contributed by atoms with Crippen LogP contribution in [0.2, 0.25) is 5.02 Å². The van der Waals surface area contributed by atoms with Gasteiger partial charge in [0.25, 0.3) is 11.6 Å².